The Hall–Kier alpha value is -2.74. The summed E-state index contributed by atoms with van der Waals surface area (Å²) in [5.41, 5.74) is 2.72. The molecule has 0 unspecified atom stereocenters. The lowest BCUT2D eigenvalue weighted by Gasteiger charge is -2.48. The van der Waals surface area contributed by atoms with E-state index in [-0.39, 0.29) is 22.1 Å². The molecule has 2 aromatic rings. The lowest BCUT2D eigenvalue weighted by atomic mass is 9.79. The molecule has 8 heteroatoms. The Morgan fingerprint density at radius 3 is 2.30 bits per heavy atom. The summed E-state index contributed by atoms with van der Waals surface area (Å²) in [4.78, 5) is 26.4. The molecule has 0 spiro atoms. The normalized spacial score (nSPS) is 18.7. The van der Waals surface area contributed by atoms with Gasteiger partial charge >= 0.3 is 5.69 Å². The quantitative estimate of drug-likeness (QED) is 0.496. The molecule has 178 valence electrons. The molecule has 1 aromatic carbocycles. The first kappa shape index (κ1) is 23.4. The second kappa shape index (κ2) is 10.0. The van der Waals surface area contributed by atoms with Gasteiger partial charge in [-0.2, -0.15) is 5.10 Å². The molecule has 33 heavy (non-hydrogen) atoms. The molecular formula is C25H35N5O3. The Labute approximate surface area is 195 Å². The zero-order valence-corrected chi connectivity index (χ0v) is 19.8. The van der Waals surface area contributed by atoms with Crippen LogP contribution in [0.4, 0.5) is 5.69 Å². The number of amides is 1. The molecule has 1 saturated heterocycles. The van der Waals surface area contributed by atoms with Crippen LogP contribution in [-0.4, -0.2) is 50.7 Å². The van der Waals surface area contributed by atoms with E-state index in [2.05, 4.69) is 15.3 Å². The van der Waals surface area contributed by atoms with E-state index >= 15 is 0 Å². The van der Waals surface area contributed by atoms with Crippen molar-refractivity contribution in [2.24, 2.45) is 0 Å². The number of hydrogen-bond donors (Lipinski definition) is 1. The maximum atomic E-state index is 12.9. The summed E-state index contributed by atoms with van der Waals surface area (Å²) in [5, 5.41) is 18.8. The van der Waals surface area contributed by atoms with E-state index in [1.165, 1.54) is 51.4 Å². The van der Waals surface area contributed by atoms with Gasteiger partial charge in [-0.1, -0.05) is 37.8 Å². The first-order valence-electron chi connectivity index (χ1n) is 12.2. The van der Waals surface area contributed by atoms with Crippen LogP contribution in [0.3, 0.4) is 0 Å². The third kappa shape index (κ3) is 5.11. The van der Waals surface area contributed by atoms with Crippen molar-refractivity contribution < 1.29 is 9.72 Å². The molecule has 1 aliphatic carbocycles. The third-order valence-electron chi connectivity index (χ3n) is 7.46. The minimum Gasteiger partial charge on any atom is -0.350 e. The maximum absolute atomic E-state index is 12.9. The van der Waals surface area contributed by atoms with Gasteiger partial charge in [0, 0.05) is 17.6 Å². The van der Waals surface area contributed by atoms with E-state index in [1.54, 1.807) is 18.5 Å². The molecule has 0 atom stereocenters. The van der Waals surface area contributed by atoms with Crippen LogP contribution in [0.5, 0.6) is 0 Å². The number of nitrogens with one attached hydrogen (secondary N) is 1. The third-order valence-corrected chi connectivity index (χ3v) is 7.46. The van der Waals surface area contributed by atoms with E-state index < -0.39 is 0 Å². The van der Waals surface area contributed by atoms with Crippen molar-refractivity contribution in [2.75, 3.05) is 19.6 Å². The van der Waals surface area contributed by atoms with Crippen LogP contribution in [-0.2, 0) is 6.54 Å². The second-order valence-electron chi connectivity index (χ2n) is 9.65. The molecule has 1 amide bonds. The number of carbonyl (C=O) groups is 1. The molecule has 0 bridgehead atoms. The number of likely N-dealkylation sites (tertiary alicyclic amines) is 1. The average Bonchev–Trinajstić information content (AvgIpc) is 3.11. The van der Waals surface area contributed by atoms with Gasteiger partial charge in [0.15, 0.2) is 0 Å². The summed E-state index contributed by atoms with van der Waals surface area (Å²) >= 11 is 0. The molecule has 2 fully saturated rings. The predicted molar refractivity (Wildman–Crippen MR) is 127 cm³/mol. The lowest BCUT2D eigenvalue weighted by Crippen LogP contribution is -2.58. The van der Waals surface area contributed by atoms with Crippen LogP contribution in [0.1, 0.15) is 78.7 Å². The average molecular weight is 454 g/mol. The maximum Gasteiger partial charge on any atom is 0.312 e. The minimum absolute atomic E-state index is 0.0368. The SMILES string of the molecule is Cc1nn(Cc2ccc(C(=O)NCC3(N4CCCCC4)CCCCC3)cc2)c(C)c1[N+](=O)[O-]. The fourth-order valence-corrected chi connectivity index (χ4v) is 5.57. The van der Waals surface area contributed by atoms with Crippen molar-refractivity contribution in [3.05, 3.63) is 56.9 Å². The molecular weight excluding hydrogens is 418 g/mol. The van der Waals surface area contributed by atoms with Gasteiger partial charge in [0.1, 0.15) is 11.4 Å². The van der Waals surface area contributed by atoms with E-state index in [1.807, 2.05) is 24.3 Å². The molecule has 4 rings (SSSR count). The Balaban J connectivity index is 1.40. The molecule has 1 N–H and O–H groups in total. The van der Waals surface area contributed by atoms with Crippen LogP contribution in [0.15, 0.2) is 24.3 Å². The van der Waals surface area contributed by atoms with Crippen LogP contribution < -0.4 is 5.32 Å². The number of aryl methyl sites for hydroxylation is 1. The highest BCUT2D eigenvalue weighted by Gasteiger charge is 2.38. The molecule has 1 aromatic heterocycles. The van der Waals surface area contributed by atoms with Crippen molar-refractivity contribution in [1.82, 2.24) is 20.0 Å². The number of rotatable bonds is 7. The smallest absolute Gasteiger partial charge is 0.312 e. The second-order valence-corrected chi connectivity index (χ2v) is 9.65. The highest BCUT2D eigenvalue weighted by atomic mass is 16.6. The number of hydrogen-bond acceptors (Lipinski definition) is 5. The summed E-state index contributed by atoms with van der Waals surface area (Å²) in [5.74, 6) is -0.0368. The zero-order chi connectivity index (χ0) is 23.4. The summed E-state index contributed by atoms with van der Waals surface area (Å²) in [7, 11) is 0. The molecule has 1 saturated carbocycles. The Morgan fingerprint density at radius 2 is 1.70 bits per heavy atom. The number of aromatic nitrogens is 2. The largest absolute Gasteiger partial charge is 0.350 e. The topological polar surface area (TPSA) is 93.3 Å². The first-order chi connectivity index (χ1) is 15.9. The number of benzene rings is 1. The van der Waals surface area contributed by atoms with Crippen molar-refractivity contribution in [3.63, 3.8) is 0 Å². The molecule has 2 aliphatic rings. The summed E-state index contributed by atoms with van der Waals surface area (Å²) in [6, 6.07) is 7.47. The van der Waals surface area contributed by atoms with Crippen molar-refractivity contribution in [3.8, 4) is 0 Å². The van der Waals surface area contributed by atoms with Gasteiger partial charge in [-0.25, -0.2) is 0 Å². The van der Waals surface area contributed by atoms with Gasteiger partial charge in [0.25, 0.3) is 5.91 Å². The van der Waals surface area contributed by atoms with Crippen molar-refractivity contribution in [1.29, 1.82) is 0 Å². The highest BCUT2D eigenvalue weighted by molar-refractivity contribution is 5.94. The zero-order valence-electron chi connectivity index (χ0n) is 19.8. The number of nitrogens with zero attached hydrogens (tertiary/aromatic N) is 4. The number of nitro groups is 1. The fraction of sp³-hybridized carbons (Fsp3) is 0.600. The van der Waals surface area contributed by atoms with Crippen molar-refractivity contribution in [2.45, 2.75) is 77.3 Å². The highest BCUT2D eigenvalue weighted by Crippen LogP contribution is 2.35. The van der Waals surface area contributed by atoms with E-state index in [0.29, 0.717) is 30.0 Å². The minimum atomic E-state index is -0.384. The lowest BCUT2D eigenvalue weighted by molar-refractivity contribution is -0.386. The molecule has 1 aliphatic heterocycles. The van der Waals surface area contributed by atoms with Gasteiger partial charge in [0.2, 0.25) is 0 Å². The van der Waals surface area contributed by atoms with E-state index in [0.717, 1.165) is 18.7 Å². The van der Waals surface area contributed by atoms with Gasteiger partial charge in [0.05, 0.1) is 11.5 Å². The van der Waals surface area contributed by atoms with Crippen LogP contribution in [0.2, 0.25) is 0 Å². The predicted octanol–water partition coefficient (Wildman–Crippen LogP) is 4.38. The Kier molecular flexibility index (Phi) is 7.12. The van der Waals surface area contributed by atoms with Crippen LogP contribution in [0, 0.1) is 24.0 Å². The Morgan fingerprint density at radius 1 is 1.06 bits per heavy atom. The van der Waals surface area contributed by atoms with Crippen LogP contribution in [0.25, 0.3) is 0 Å². The van der Waals surface area contributed by atoms with Crippen LogP contribution >= 0.6 is 0 Å². The van der Waals surface area contributed by atoms with Gasteiger partial charge in [-0.05, 0) is 70.3 Å². The van der Waals surface area contributed by atoms with Gasteiger partial charge in [-0.15, -0.1) is 0 Å². The summed E-state index contributed by atoms with van der Waals surface area (Å²) < 4.78 is 1.65. The molecule has 2 heterocycles. The van der Waals surface area contributed by atoms with Gasteiger partial charge in [-0.3, -0.25) is 24.5 Å². The summed E-state index contributed by atoms with van der Waals surface area (Å²) in [6.45, 7) is 6.80. The van der Waals surface area contributed by atoms with Gasteiger partial charge < -0.3 is 5.32 Å². The number of piperidine rings is 1. The molecule has 0 radical (unpaired) electrons. The Bertz CT molecular complexity index is 986. The van der Waals surface area contributed by atoms with E-state index in [9.17, 15) is 14.9 Å². The first-order valence-corrected chi connectivity index (χ1v) is 12.2. The fourth-order valence-electron chi connectivity index (χ4n) is 5.57. The standard InChI is InChI=1S/C25H35N5O3/c1-19-23(30(32)33)20(2)29(27-19)17-21-9-11-22(12-10-21)24(31)26-18-25(13-5-3-6-14-25)28-15-7-4-8-16-28/h9-12H,3-8,13-18H2,1-2H3,(H,26,31). The summed E-state index contributed by atoms with van der Waals surface area (Å²) in [6.07, 6.45) is 9.95. The number of carbonyl (C=O) groups excluding carboxylic acids is 1. The monoisotopic (exact) mass is 453 g/mol. The molecule has 8 nitrogen and oxygen atoms in total. The van der Waals surface area contributed by atoms with Crippen molar-refractivity contribution >= 4 is 11.6 Å². The van der Waals surface area contributed by atoms with E-state index in [4.69, 9.17) is 0 Å².